The van der Waals surface area contributed by atoms with Crippen molar-refractivity contribution in [2.24, 2.45) is 5.92 Å². The van der Waals surface area contributed by atoms with Crippen molar-refractivity contribution in [3.8, 4) is 0 Å². The smallest absolute Gasteiger partial charge is 0.326 e. The predicted octanol–water partition coefficient (Wildman–Crippen LogP) is -0.274. The largest absolute Gasteiger partial charge is 0.480 e. The summed E-state index contributed by atoms with van der Waals surface area (Å²) in [7, 11) is -3.05. The fraction of sp³-hybridized carbons (Fsp3) is 0.818. The van der Waals surface area contributed by atoms with Crippen LogP contribution < -0.4 is 10.6 Å². The minimum absolute atomic E-state index is 0.0687. The number of carboxylic acids is 1. The van der Waals surface area contributed by atoms with Crippen LogP contribution in [0.1, 0.15) is 25.7 Å². The highest BCUT2D eigenvalue weighted by Crippen LogP contribution is 2.33. The van der Waals surface area contributed by atoms with Crippen molar-refractivity contribution in [2.45, 2.75) is 37.8 Å². The molecule has 19 heavy (non-hydrogen) atoms. The van der Waals surface area contributed by atoms with Crippen LogP contribution in [-0.4, -0.2) is 49.1 Å². The SMILES string of the molecule is O=C(NC1CCS(=O)(=O)C1)NC(CC1CC1)C(=O)O. The number of hydrogen-bond donors (Lipinski definition) is 3. The Hall–Kier alpha value is -1.31. The van der Waals surface area contributed by atoms with Crippen molar-refractivity contribution in [3.63, 3.8) is 0 Å². The predicted molar refractivity (Wildman–Crippen MR) is 67.5 cm³/mol. The van der Waals surface area contributed by atoms with Gasteiger partial charge >= 0.3 is 12.0 Å². The molecular weight excluding hydrogens is 272 g/mol. The van der Waals surface area contributed by atoms with E-state index in [1.54, 1.807) is 0 Å². The maximum Gasteiger partial charge on any atom is 0.326 e. The monoisotopic (exact) mass is 290 g/mol. The average molecular weight is 290 g/mol. The molecule has 1 aliphatic carbocycles. The summed E-state index contributed by atoms with van der Waals surface area (Å²) in [6, 6.07) is -1.92. The zero-order valence-corrected chi connectivity index (χ0v) is 11.3. The summed E-state index contributed by atoms with van der Waals surface area (Å²) in [6.07, 6.45) is 2.84. The number of amides is 2. The fourth-order valence-corrected chi connectivity index (χ4v) is 3.88. The lowest BCUT2D eigenvalue weighted by molar-refractivity contribution is -0.139. The topological polar surface area (TPSA) is 113 Å². The highest BCUT2D eigenvalue weighted by atomic mass is 32.2. The zero-order chi connectivity index (χ0) is 14.0. The molecule has 1 saturated carbocycles. The van der Waals surface area contributed by atoms with Crippen molar-refractivity contribution < 1.29 is 23.1 Å². The van der Waals surface area contributed by atoms with Crippen LogP contribution in [0, 0.1) is 5.92 Å². The molecule has 0 aromatic carbocycles. The van der Waals surface area contributed by atoms with Gasteiger partial charge in [0, 0.05) is 6.04 Å². The van der Waals surface area contributed by atoms with Gasteiger partial charge in [-0.1, -0.05) is 12.8 Å². The van der Waals surface area contributed by atoms with E-state index in [0.29, 0.717) is 18.8 Å². The van der Waals surface area contributed by atoms with Gasteiger partial charge in [-0.2, -0.15) is 0 Å². The molecule has 1 saturated heterocycles. The van der Waals surface area contributed by atoms with E-state index in [2.05, 4.69) is 10.6 Å². The fourth-order valence-electron chi connectivity index (χ4n) is 2.20. The van der Waals surface area contributed by atoms with E-state index in [4.69, 9.17) is 5.11 Å². The normalized spacial score (nSPS) is 26.6. The van der Waals surface area contributed by atoms with Gasteiger partial charge in [0.15, 0.2) is 9.84 Å². The Balaban J connectivity index is 1.80. The van der Waals surface area contributed by atoms with Gasteiger partial charge in [0.25, 0.3) is 0 Å². The van der Waals surface area contributed by atoms with Gasteiger partial charge in [0.2, 0.25) is 0 Å². The highest BCUT2D eigenvalue weighted by molar-refractivity contribution is 7.91. The number of carbonyl (C=O) groups is 2. The molecule has 2 atom stereocenters. The lowest BCUT2D eigenvalue weighted by Gasteiger charge is -2.17. The van der Waals surface area contributed by atoms with Crippen molar-refractivity contribution >= 4 is 21.8 Å². The van der Waals surface area contributed by atoms with E-state index in [9.17, 15) is 18.0 Å². The first-order valence-electron chi connectivity index (χ1n) is 6.36. The van der Waals surface area contributed by atoms with E-state index in [1.807, 2.05) is 0 Å². The molecule has 1 aliphatic heterocycles. The first-order chi connectivity index (χ1) is 8.85. The Morgan fingerprint density at radius 1 is 1.26 bits per heavy atom. The number of urea groups is 1. The summed E-state index contributed by atoms with van der Waals surface area (Å²) >= 11 is 0. The molecule has 3 N–H and O–H groups in total. The minimum atomic E-state index is -3.05. The number of hydrogen-bond acceptors (Lipinski definition) is 4. The lowest BCUT2D eigenvalue weighted by Crippen LogP contribution is -2.49. The molecule has 2 fully saturated rings. The average Bonchev–Trinajstić information content (AvgIpc) is 3.02. The summed E-state index contributed by atoms with van der Waals surface area (Å²) < 4.78 is 22.5. The molecule has 2 unspecified atom stereocenters. The van der Waals surface area contributed by atoms with Crippen LogP contribution in [-0.2, 0) is 14.6 Å². The molecule has 7 nitrogen and oxygen atoms in total. The first kappa shape index (κ1) is 14.1. The van der Waals surface area contributed by atoms with Crippen LogP contribution in [0.4, 0.5) is 4.79 Å². The maximum atomic E-state index is 11.6. The molecule has 2 amide bonds. The molecule has 0 radical (unpaired) electrons. The molecule has 0 spiro atoms. The van der Waals surface area contributed by atoms with E-state index in [1.165, 1.54) is 0 Å². The molecule has 0 aromatic heterocycles. The molecule has 2 aliphatic rings. The van der Waals surface area contributed by atoms with Crippen LogP contribution in [0.5, 0.6) is 0 Å². The van der Waals surface area contributed by atoms with E-state index in [0.717, 1.165) is 12.8 Å². The molecule has 8 heteroatoms. The Morgan fingerprint density at radius 2 is 1.95 bits per heavy atom. The van der Waals surface area contributed by atoms with Gasteiger partial charge in [-0.3, -0.25) is 0 Å². The summed E-state index contributed by atoms with van der Waals surface area (Å²) in [5, 5.41) is 13.9. The van der Waals surface area contributed by atoms with Crippen molar-refractivity contribution in [1.82, 2.24) is 10.6 Å². The van der Waals surface area contributed by atoms with Crippen LogP contribution in [0.3, 0.4) is 0 Å². The highest BCUT2D eigenvalue weighted by Gasteiger charge is 2.32. The number of aliphatic carboxylic acids is 1. The maximum absolute atomic E-state index is 11.6. The summed E-state index contributed by atoms with van der Waals surface area (Å²) in [5.74, 6) is -0.669. The van der Waals surface area contributed by atoms with Crippen LogP contribution >= 0.6 is 0 Å². The molecule has 2 rings (SSSR count). The lowest BCUT2D eigenvalue weighted by atomic mass is 10.1. The second kappa shape index (κ2) is 5.36. The molecule has 0 bridgehead atoms. The third kappa shape index (κ3) is 4.38. The van der Waals surface area contributed by atoms with Crippen LogP contribution in [0.25, 0.3) is 0 Å². The minimum Gasteiger partial charge on any atom is -0.480 e. The number of rotatable bonds is 5. The second-order valence-corrected chi connectivity index (χ2v) is 7.52. The zero-order valence-electron chi connectivity index (χ0n) is 10.5. The standard InChI is InChI=1S/C11H18N2O5S/c14-10(15)9(5-7-1-2-7)13-11(16)12-8-3-4-19(17,18)6-8/h7-9H,1-6H2,(H,14,15)(H2,12,13,16). The summed E-state index contributed by atoms with van der Waals surface area (Å²) in [4.78, 5) is 22.6. The van der Waals surface area contributed by atoms with Gasteiger partial charge in [-0.25, -0.2) is 18.0 Å². The van der Waals surface area contributed by atoms with Crippen molar-refractivity contribution in [1.29, 1.82) is 0 Å². The molecule has 108 valence electrons. The molecular formula is C11H18N2O5S. The Bertz CT molecular complexity index is 471. The van der Waals surface area contributed by atoms with E-state index in [-0.39, 0.29) is 11.5 Å². The summed E-state index contributed by atoms with van der Waals surface area (Å²) in [5.41, 5.74) is 0. The van der Waals surface area contributed by atoms with E-state index < -0.39 is 33.9 Å². The first-order valence-corrected chi connectivity index (χ1v) is 8.18. The Labute approximate surface area is 111 Å². The Kier molecular flexibility index (Phi) is 3.98. The molecule has 0 aromatic rings. The van der Waals surface area contributed by atoms with Gasteiger partial charge in [-0.05, 0) is 18.8 Å². The van der Waals surface area contributed by atoms with Crippen LogP contribution in [0.2, 0.25) is 0 Å². The van der Waals surface area contributed by atoms with Gasteiger partial charge in [0.1, 0.15) is 6.04 Å². The number of carbonyl (C=O) groups excluding carboxylic acids is 1. The molecule has 1 heterocycles. The third-order valence-corrected chi connectivity index (χ3v) is 5.20. The summed E-state index contributed by atoms with van der Waals surface area (Å²) in [6.45, 7) is 0. The number of sulfone groups is 1. The van der Waals surface area contributed by atoms with Crippen LogP contribution in [0.15, 0.2) is 0 Å². The van der Waals surface area contributed by atoms with Gasteiger partial charge < -0.3 is 15.7 Å². The quantitative estimate of drug-likeness (QED) is 0.645. The third-order valence-electron chi connectivity index (χ3n) is 3.44. The second-order valence-electron chi connectivity index (χ2n) is 5.29. The van der Waals surface area contributed by atoms with E-state index >= 15 is 0 Å². The van der Waals surface area contributed by atoms with Crippen molar-refractivity contribution in [3.05, 3.63) is 0 Å². The Morgan fingerprint density at radius 3 is 2.42 bits per heavy atom. The number of nitrogens with one attached hydrogen (secondary N) is 2. The van der Waals surface area contributed by atoms with Gasteiger partial charge in [0.05, 0.1) is 11.5 Å². The number of carboxylic acid groups (broad SMARTS) is 1. The van der Waals surface area contributed by atoms with Crippen molar-refractivity contribution in [2.75, 3.05) is 11.5 Å². The van der Waals surface area contributed by atoms with Gasteiger partial charge in [-0.15, -0.1) is 0 Å².